The van der Waals surface area contributed by atoms with Crippen LogP contribution in [-0.2, 0) is 0 Å². The maximum Gasteiger partial charge on any atom is 0.273 e. The van der Waals surface area contributed by atoms with E-state index in [1.165, 1.54) is 6.07 Å². The van der Waals surface area contributed by atoms with E-state index >= 15 is 0 Å². The highest BCUT2D eigenvalue weighted by Crippen LogP contribution is 2.41. The van der Waals surface area contributed by atoms with Gasteiger partial charge in [0.1, 0.15) is 0 Å². The summed E-state index contributed by atoms with van der Waals surface area (Å²) in [4.78, 5) is 23.2. The van der Waals surface area contributed by atoms with Crippen molar-refractivity contribution in [3.05, 3.63) is 75.3 Å². The van der Waals surface area contributed by atoms with Crippen molar-refractivity contribution in [2.75, 3.05) is 0 Å². The van der Waals surface area contributed by atoms with Gasteiger partial charge in [-0.15, -0.1) is 0 Å². The summed E-state index contributed by atoms with van der Waals surface area (Å²) in [6.07, 6.45) is 2.18. The van der Waals surface area contributed by atoms with Gasteiger partial charge in [-0.1, -0.05) is 36.4 Å². The highest BCUT2D eigenvalue weighted by atomic mass is 16.6. The first kappa shape index (κ1) is 15.2. The number of nitro benzene ring substituents is 1. The van der Waals surface area contributed by atoms with Crippen molar-refractivity contribution in [3.63, 3.8) is 0 Å². The van der Waals surface area contributed by atoms with Gasteiger partial charge >= 0.3 is 0 Å². The van der Waals surface area contributed by atoms with E-state index < -0.39 is 4.92 Å². The Kier molecular flexibility index (Phi) is 4.10. The van der Waals surface area contributed by atoms with Crippen LogP contribution in [0.15, 0.2) is 48.5 Å². The van der Waals surface area contributed by atoms with E-state index in [4.69, 9.17) is 0 Å². The third kappa shape index (κ3) is 3.23. The minimum atomic E-state index is -0.457. The molecule has 3 rings (SSSR count). The lowest BCUT2D eigenvalue weighted by Crippen LogP contribution is -2.30. The number of hydrogen-bond donors (Lipinski definition) is 1. The molecule has 1 fully saturated rings. The van der Waals surface area contributed by atoms with Gasteiger partial charge in [0.15, 0.2) is 0 Å². The number of nitro groups is 1. The van der Waals surface area contributed by atoms with Crippen LogP contribution in [0.25, 0.3) is 0 Å². The molecule has 1 aliphatic rings. The smallest absolute Gasteiger partial charge is 0.273 e. The Labute approximate surface area is 134 Å². The molecule has 0 bridgehead atoms. The fourth-order valence-electron chi connectivity index (χ4n) is 2.85. The molecule has 1 N–H and O–H groups in total. The number of rotatable bonds is 5. The molecule has 5 heteroatoms. The van der Waals surface area contributed by atoms with Crippen molar-refractivity contribution < 1.29 is 9.72 Å². The summed E-state index contributed by atoms with van der Waals surface area (Å²) in [5, 5.41) is 14.1. The molecule has 23 heavy (non-hydrogen) atoms. The molecule has 0 saturated heterocycles. The molecule has 0 heterocycles. The van der Waals surface area contributed by atoms with Crippen molar-refractivity contribution in [2.24, 2.45) is 5.92 Å². The summed E-state index contributed by atoms with van der Waals surface area (Å²) in [5.41, 5.74) is 1.81. The van der Waals surface area contributed by atoms with Crippen LogP contribution in [0, 0.1) is 23.0 Å². The zero-order chi connectivity index (χ0) is 16.4. The highest BCUT2D eigenvalue weighted by Gasteiger charge is 2.34. The van der Waals surface area contributed by atoms with Gasteiger partial charge in [0.2, 0.25) is 0 Å². The van der Waals surface area contributed by atoms with Crippen molar-refractivity contribution in [3.8, 4) is 0 Å². The molecule has 118 valence electrons. The topological polar surface area (TPSA) is 72.2 Å². The van der Waals surface area contributed by atoms with Crippen LogP contribution in [0.4, 0.5) is 5.69 Å². The third-order valence-corrected chi connectivity index (χ3v) is 4.29. The fraction of sp³-hybridized carbons (Fsp3) is 0.278. The van der Waals surface area contributed by atoms with Crippen molar-refractivity contribution in [1.82, 2.24) is 5.32 Å². The maximum absolute atomic E-state index is 12.6. The van der Waals surface area contributed by atoms with Gasteiger partial charge < -0.3 is 5.32 Å². The van der Waals surface area contributed by atoms with Crippen LogP contribution in [0.2, 0.25) is 0 Å². The summed E-state index contributed by atoms with van der Waals surface area (Å²) < 4.78 is 0. The SMILES string of the molecule is Cc1c(C(=O)N[C@H](c2ccccc2)C2CC2)cccc1[N+](=O)[O-]. The van der Waals surface area contributed by atoms with Crippen molar-refractivity contribution in [2.45, 2.75) is 25.8 Å². The molecule has 1 atom stereocenters. The molecular weight excluding hydrogens is 292 g/mol. The molecule has 2 aromatic carbocycles. The van der Waals surface area contributed by atoms with Crippen LogP contribution in [0.5, 0.6) is 0 Å². The van der Waals surface area contributed by atoms with E-state index in [2.05, 4.69) is 5.32 Å². The lowest BCUT2D eigenvalue weighted by atomic mass is 10.0. The summed E-state index contributed by atoms with van der Waals surface area (Å²) in [5.74, 6) is 0.187. The second-order valence-corrected chi connectivity index (χ2v) is 5.91. The van der Waals surface area contributed by atoms with Gasteiger partial charge in [-0.2, -0.15) is 0 Å². The predicted molar refractivity (Wildman–Crippen MR) is 87.2 cm³/mol. The maximum atomic E-state index is 12.6. The Morgan fingerprint density at radius 3 is 2.48 bits per heavy atom. The van der Waals surface area contributed by atoms with Crippen LogP contribution in [0.3, 0.4) is 0 Å². The Hall–Kier alpha value is -2.69. The number of carbonyl (C=O) groups is 1. The molecular formula is C18H18N2O3. The third-order valence-electron chi connectivity index (χ3n) is 4.29. The first-order chi connectivity index (χ1) is 11.1. The molecule has 0 radical (unpaired) electrons. The molecule has 1 amide bonds. The number of nitrogens with zero attached hydrogens (tertiary/aromatic N) is 1. The number of nitrogens with one attached hydrogen (secondary N) is 1. The highest BCUT2D eigenvalue weighted by molar-refractivity contribution is 5.96. The molecule has 5 nitrogen and oxygen atoms in total. The Morgan fingerprint density at radius 1 is 1.17 bits per heavy atom. The first-order valence-corrected chi connectivity index (χ1v) is 7.67. The zero-order valence-corrected chi connectivity index (χ0v) is 12.9. The largest absolute Gasteiger partial charge is 0.345 e. The molecule has 0 spiro atoms. The lowest BCUT2D eigenvalue weighted by Gasteiger charge is -2.19. The van der Waals surface area contributed by atoms with E-state index in [1.54, 1.807) is 19.1 Å². The second-order valence-electron chi connectivity index (χ2n) is 5.91. The minimum absolute atomic E-state index is 0.0275. The van der Waals surface area contributed by atoms with Crippen LogP contribution in [-0.4, -0.2) is 10.8 Å². The standard InChI is InChI=1S/C18H18N2O3/c1-12-15(8-5-9-16(12)20(22)23)18(21)19-17(14-10-11-14)13-6-3-2-4-7-13/h2-9,14,17H,10-11H2,1H3,(H,19,21)/t17-/m1/s1. The van der Waals surface area contributed by atoms with Gasteiger partial charge in [-0.05, 0) is 37.3 Å². The quantitative estimate of drug-likeness (QED) is 0.674. The summed E-state index contributed by atoms with van der Waals surface area (Å²) in [6.45, 7) is 1.61. The van der Waals surface area contributed by atoms with Crippen LogP contribution >= 0.6 is 0 Å². The van der Waals surface area contributed by atoms with Crippen molar-refractivity contribution in [1.29, 1.82) is 0 Å². The number of benzene rings is 2. The van der Waals surface area contributed by atoms with Crippen molar-refractivity contribution >= 4 is 11.6 Å². The predicted octanol–water partition coefficient (Wildman–Crippen LogP) is 3.78. The van der Waals surface area contributed by atoms with E-state index in [0.29, 0.717) is 17.0 Å². The minimum Gasteiger partial charge on any atom is -0.345 e. The van der Waals surface area contributed by atoms with E-state index in [9.17, 15) is 14.9 Å². The molecule has 0 unspecified atom stereocenters. The Morgan fingerprint density at radius 2 is 1.87 bits per heavy atom. The number of carbonyl (C=O) groups excluding carboxylic acids is 1. The normalized spacial score (nSPS) is 15.0. The van der Waals surface area contributed by atoms with Crippen LogP contribution < -0.4 is 5.32 Å². The van der Waals surface area contributed by atoms with Gasteiger partial charge in [-0.25, -0.2) is 0 Å². The van der Waals surface area contributed by atoms with Gasteiger partial charge in [-0.3, -0.25) is 14.9 Å². The first-order valence-electron chi connectivity index (χ1n) is 7.67. The number of hydrogen-bond acceptors (Lipinski definition) is 3. The zero-order valence-electron chi connectivity index (χ0n) is 12.9. The van der Waals surface area contributed by atoms with Gasteiger partial charge in [0.05, 0.1) is 11.0 Å². The molecule has 1 aliphatic carbocycles. The summed E-state index contributed by atoms with van der Waals surface area (Å²) >= 11 is 0. The van der Waals surface area contributed by atoms with E-state index in [1.807, 2.05) is 30.3 Å². The molecule has 0 aromatic heterocycles. The Balaban J connectivity index is 1.86. The lowest BCUT2D eigenvalue weighted by molar-refractivity contribution is -0.385. The average molecular weight is 310 g/mol. The van der Waals surface area contributed by atoms with E-state index in [0.717, 1.165) is 18.4 Å². The second kappa shape index (κ2) is 6.20. The van der Waals surface area contributed by atoms with Crippen LogP contribution in [0.1, 0.15) is 40.4 Å². The molecule has 2 aromatic rings. The molecule has 1 saturated carbocycles. The van der Waals surface area contributed by atoms with Gasteiger partial charge in [0.25, 0.3) is 11.6 Å². The average Bonchev–Trinajstić information content (AvgIpc) is 3.38. The monoisotopic (exact) mass is 310 g/mol. The molecule has 0 aliphatic heterocycles. The Bertz CT molecular complexity index is 739. The van der Waals surface area contributed by atoms with E-state index in [-0.39, 0.29) is 17.6 Å². The van der Waals surface area contributed by atoms with Gasteiger partial charge in [0, 0.05) is 17.2 Å². The number of amides is 1. The summed E-state index contributed by atoms with van der Waals surface area (Å²) in [7, 11) is 0. The fourth-order valence-corrected chi connectivity index (χ4v) is 2.85. The summed E-state index contributed by atoms with van der Waals surface area (Å²) in [6, 6.07) is 14.4.